The van der Waals surface area contributed by atoms with E-state index in [9.17, 15) is 4.79 Å². The standard InChI is InChI=1S/C16H33NO4/c1-5-6-7-9-19-11-13-21-14-12-20-10-8-17-15(18)16(2,3)4/h5-14H2,1-4H3,(H,17,18). The van der Waals surface area contributed by atoms with Gasteiger partial charge >= 0.3 is 0 Å². The maximum absolute atomic E-state index is 11.6. The van der Waals surface area contributed by atoms with Crippen LogP contribution < -0.4 is 5.32 Å². The number of carbonyl (C=O) groups is 1. The van der Waals surface area contributed by atoms with Crippen molar-refractivity contribution in [2.45, 2.75) is 47.0 Å². The van der Waals surface area contributed by atoms with Crippen LogP contribution in [0, 0.1) is 5.41 Å². The minimum Gasteiger partial charge on any atom is -0.379 e. The second kappa shape index (κ2) is 13.0. The van der Waals surface area contributed by atoms with Crippen LogP contribution in [0.1, 0.15) is 47.0 Å². The van der Waals surface area contributed by atoms with Crippen LogP contribution in [0.2, 0.25) is 0 Å². The molecule has 0 fully saturated rings. The van der Waals surface area contributed by atoms with Gasteiger partial charge in [0.2, 0.25) is 5.91 Å². The summed E-state index contributed by atoms with van der Waals surface area (Å²) >= 11 is 0. The third-order valence-corrected chi connectivity index (χ3v) is 2.85. The van der Waals surface area contributed by atoms with Crippen LogP contribution in [-0.2, 0) is 19.0 Å². The lowest BCUT2D eigenvalue weighted by Gasteiger charge is -2.17. The van der Waals surface area contributed by atoms with E-state index in [1.807, 2.05) is 20.8 Å². The minimum atomic E-state index is -0.347. The fourth-order valence-electron chi connectivity index (χ4n) is 1.50. The van der Waals surface area contributed by atoms with Gasteiger partial charge < -0.3 is 19.5 Å². The molecule has 0 unspecified atom stereocenters. The molecule has 0 bridgehead atoms. The molecule has 126 valence electrons. The van der Waals surface area contributed by atoms with Gasteiger partial charge in [0.15, 0.2) is 0 Å². The molecule has 0 aromatic rings. The molecular formula is C16H33NO4. The third-order valence-electron chi connectivity index (χ3n) is 2.85. The molecule has 5 nitrogen and oxygen atoms in total. The number of ether oxygens (including phenoxy) is 3. The van der Waals surface area contributed by atoms with E-state index in [1.165, 1.54) is 12.8 Å². The molecule has 0 spiro atoms. The van der Waals surface area contributed by atoms with Crippen molar-refractivity contribution in [1.29, 1.82) is 0 Å². The number of nitrogens with one attached hydrogen (secondary N) is 1. The zero-order chi connectivity index (χ0) is 16.0. The number of carbonyl (C=O) groups excluding carboxylic acids is 1. The first-order chi connectivity index (χ1) is 9.98. The van der Waals surface area contributed by atoms with Crippen molar-refractivity contribution < 1.29 is 19.0 Å². The Labute approximate surface area is 129 Å². The van der Waals surface area contributed by atoms with Crippen LogP contribution in [0.5, 0.6) is 0 Å². The Morgan fingerprint density at radius 2 is 1.38 bits per heavy atom. The predicted octanol–water partition coefficient (Wildman–Crippen LogP) is 2.39. The van der Waals surface area contributed by atoms with Crippen molar-refractivity contribution in [3.63, 3.8) is 0 Å². The van der Waals surface area contributed by atoms with Crippen molar-refractivity contribution in [3.8, 4) is 0 Å². The molecular weight excluding hydrogens is 270 g/mol. The molecule has 0 radical (unpaired) electrons. The van der Waals surface area contributed by atoms with Crippen molar-refractivity contribution >= 4 is 5.91 Å². The van der Waals surface area contributed by atoms with E-state index in [2.05, 4.69) is 12.2 Å². The fraction of sp³-hybridized carbons (Fsp3) is 0.938. The van der Waals surface area contributed by atoms with E-state index in [0.29, 0.717) is 39.6 Å². The summed E-state index contributed by atoms with van der Waals surface area (Å²) < 4.78 is 16.2. The first-order valence-corrected chi connectivity index (χ1v) is 8.00. The summed E-state index contributed by atoms with van der Waals surface area (Å²) in [5.74, 6) is 0.0440. The van der Waals surface area contributed by atoms with E-state index in [1.54, 1.807) is 0 Å². The van der Waals surface area contributed by atoms with E-state index >= 15 is 0 Å². The van der Waals surface area contributed by atoms with Crippen molar-refractivity contribution in [2.75, 3.05) is 46.2 Å². The van der Waals surface area contributed by atoms with E-state index in [4.69, 9.17) is 14.2 Å². The second-order valence-electron chi connectivity index (χ2n) is 6.05. The molecule has 0 aliphatic rings. The Bertz CT molecular complexity index is 251. The van der Waals surface area contributed by atoms with Gasteiger partial charge in [-0.1, -0.05) is 40.5 Å². The van der Waals surface area contributed by atoms with E-state index in [0.717, 1.165) is 13.0 Å². The van der Waals surface area contributed by atoms with Crippen LogP contribution in [0.15, 0.2) is 0 Å². The van der Waals surface area contributed by atoms with E-state index in [-0.39, 0.29) is 11.3 Å². The summed E-state index contributed by atoms with van der Waals surface area (Å²) in [5, 5.41) is 2.83. The molecule has 0 aliphatic heterocycles. The topological polar surface area (TPSA) is 56.8 Å². The van der Waals surface area contributed by atoms with Gasteiger partial charge in [0, 0.05) is 18.6 Å². The SMILES string of the molecule is CCCCCOCCOCCOCCNC(=O)C(C)(C)C. The van der Waals surface area contributed by atoms with Crippen LogP contribution >= 0.6 is 0 Å². The molecule has 0 heterocycles. The number of rotatable bonds is 13. The van der Waals surface area contributed by atoms with Crippen molar-refractivity contribution in [2.24, 2.45) is 5.41 Å². The normalized spacial score (nSPS) is 11.6. The van der Waals surface area contributed by atoms with Gasteiger partial charge in [0.1, 0.15) is 0 Å². The Hall–Kier alpha value is -0.650. The molecule has 5 heteroatoms. The summed E-state index contributed by atoms with van der Waals surface area (Å²) in [5.41, 5.74) is -0.347. The average molecular weight is 303 g/mol. The molecule has 0 saturated heterocycles. The zero-order valence-corrected chi connectivity index (χ0v) is 14.2. The van der Waals surface area contributed by atoms with E-state index < -0.39 is 0 Å². The molecule has 0 atom stereocenters. The maximum Gasteiger partial charge on any atom is 0.225 e. The van der Waals surface area contributed by atoms with Gasteiger partial charge in [0.25, 0.3) is 0 Å². The Morgan fingerprint density at radius 1 is 0.857 bits per heavy atom. The fourth-order valence-corrected chi connectivity index (χ4v) is 1.50. The smallest absolute Gasteiger partial charge is 0.225 e. The molecule has 1 amide bonds. The largest absolute Gasteiger partial charge is 0.379 e. The quantitative estimate of drug-likeness (QED) is 0.531. The molecule has 0 aromatic heterocycles. The van der Waals surface area contributed by atoms with Crippen LogP contribution in [0.3, 0.4) is 0 Å². The summed E-state index contributed by atoms with van der Waals surface area (Å²) in [4.78, 5) is 11.6. The summed E-state index contributed by atoms with van der Waals surface area (Å²) in [6.45, 7) is 12.1. The minimum absolute atomic E-state index is 0.0440. The van der Waals surface area contributed by atoms with Crippen LogP contribution in [-0.4, -0.2) is 52.1 Å². The first kappa shape index (κ1) is 20.3. The molecule has 0 rings (SSSR count). The lowest BCUT2D eigenvalue weighted by molar-refractivity contribution is -0.128. The van der Waals surface area contributed by atoms with Crippen molar-refractivity contribution in [3.05, 3.63) is 0 Å². The third kappa shape index (κ3) is 14.1. The maximum atomic E-state index is 11.6. The molecule has 0 aromatic carbocycles. The highest BCUT2D eigenvalue weighted by molar-refractivity contribution is 5.81. The lowest BCUT2D eigenvalue weighted by Crippen LogP contribution is -2.36. The predicted molar refractivity (Wildman–Crippen MR) is 84.4 cm³/mol. The Kier molecular flexibility index (Phi) is 12.6. The number of amides is 1. The molecule has 1 N–H and O–H groups in total. The first-order valence-electron chi connectivity index (χ1n) is 8.00. The van der Waals surface area contributed by atoms with Crippen molar-refractivity contribution in [1.82, 2.24) is 5.32 Å². The van der Waals surface area contributed by atoms with Crippen LogP contribution in [0.4, 0.5) is 0 Å². The Balaban J connectivity index is 3.14. The van der Waals surface area contributed by atoms with Gasteiger partial charge in [-0.25, -0.2) is 0 Å². The molecule has 0 saturated carbocycles. The Morgan fingerprint density at radius 3 is 1.90 bits per heavy atom. The average Bonchev–Trinajstić information content (AvgIpc) is 2.42. The number of unbranched alkanes of at least 4 members (excludes halogenated alkanes) is 2. The monoisotopic (exact) mass is 303 g/mol. The zero-order valence-electron chi connectivity index (χ0n) is 14.2. The van der Waals surface area contributed by atoms with Crippen LogP contribution in [0.25, 0.3) is 0 Å². The number of hydrogen-bond donors (Lipinski definition) is 1. The highest BCUT2D eigenvalue weighted by atomic mass is 16.5. The molecule has 21 heavy (non-hydrogen) atoms. The summed E-state index contributed by atoms with van der Waals surface area (Å²) in [7, 11) is 0. The highest BCUT2D eigenvalue weighted by Crippen LogP contribution is 2.11. The van der Waals surface area contributed by atoms with Gasteiger partial charge in [-0.15, -0.1) is 0 Å². The summed E-state index contributed by atoms with van der Waals surface area (Å²) in [6.07, 6.45) is 3.56. The highest BCUT2D eigenvalue weighted by Gasteiger charge is 2.20. The van der Waals surface area contributed by atoms with Gasteiger partial charge in [0.05, 0.1) is 33.0 Å². The second-order valence-corrected chi connectivity index (χ2v) is 6.05. The molecule has 0 aliphatic carbocycles. The van der Waals surface area contributed by atoms with Gasteiger partial charge in [-0.3, -0.25) is 4.79 Å². The number of hydrogen-bond acceptors (Lipinski definition) is 4. The van der Waals surface area contributed by atoms with Gasteiger partial charge in [-0.05, 0) is 6.42 Å². The van der Waals surface area contributed by atoms with Gasteiger partial charge in [-0.2, -0.15) is 0 Å². The summed E-state index contributed by atoms with van der Waals surface area (Å²) in [6, 6.07) is 0. The lowest BCUT2D eigenvalue weighted by atomic mass is 9.96.